The predicted molar refractivity (Wildman–Crippen MR) is 68.6 cm³/mol. The molecule has 0 atom stereocenters. The average molecular weight is 232 g/mol. The molecule has 6 N–H and O–H groups in total. The van der Waals surface area contributed by atoms with Gasteiger partial charge in [-0.15, -0.1) is 0 Å². The van der Waals surface area contributed by atoms with Gasteiger partial charge in [0.2, 0.25) is 0 Å². The Kier molecular flexibility index (Phi) is 2.91. The van der Waals surface area contributed by atoms with E-state index in [1.165, 1.54) is 4.57 Å². The van der Waals surface area contributed by atoms with Crippen molar-refractivity contribution >= 4 is 11.5 Å². The summed E-state index contributed by atoms with van der Waals surface area (Å²) in [6.07, 6.45) is 7.23. The molecule has 5 nitrogen and oxygen atoms in total. The van der Waals surface area contributed by atoms with Crippen molar-refractivity contribution in [1.82, 2.24) is 4.57 Å². The maximum atomic E-state index is 11.7. The summed E-state index contributed by atoms with van der Waals surface area (Å²) < 4.78 is 1.30. The van der Waals surface area contributed by atoms with Crippen LogP contribution in [0, 0.1) is 5.92 Å². The third-order valence-electron chi connectivity index (χ3n) is 2.75. The molecule has 1 heterocycles. The Bertz CT molecular complexity index is 538. The van der Waals surface area contributed by atoms with Crippen LogP contribution in [0.15, 0.2) is 41.0 Å². The van der Waals surface area contributed by atoms with Gasteiger partial charge in [-0.1, -0.05) is 0 Å². The van der Waals surface area contributed by atoms with Crippen molar-refractivity contribution in [1.29, 1.82) is 0 Å². The molecule has 0 aromatic carbocycles. The minimum atomic E-state index is -0.320. The van der Waals surface area contributed by atoms with Gasteiger partial charge in [-0.05, 0) is 43.0 Å². The van der Waals surface area contributed by atoms with Crippen LogP contribution in [0.2, 0.25) is 0 Å². The monoisotopic (exact) mass is 232 g/mol. The summed E-state index contributed by atoms with van der Waals surface area (Å²) in [5.74, 6) is 0.794. The van der Waals surface area contributed by atoms with Crippen LogP contribution in [-0.2, 0) is 0 Å². The number of nitrogens with two attached hydrogens (primary N) is 3. The SMILES string of the molecule is N/C(=C\C=C(/N)n1cccc(N)c1=O)C1CC1. The number of hydrogen-bond donors (Lipinski definition) is 3. The van der Waals surface area contributed by atoms with Gasteiger partial charge < -0.3 is 17.2 Å². The first-order chi connectivity index (χ1) is 8.09. The van der Waals surface area contributed by atoms with Gasteiger partial charge in [-0.2, -0.15) is 0 Å². The molecular weight excluding hydrogens is 216 g/mol. The van der Waals surface area contributed by atoms with Crippen molar-refractivity contribution < 1.29 is 0 Å². The summed E-state index contributed by atoms with van der Waals surface area (Å²) in [5, 5.41) is 0. The Morgan fingerprint density at radius 2 is 2.06 bits per heavy atom. The molecule has 0 unspecified atom stereocenters. The Morgan fingerprint density at radius 3 is 2.71 bits per heavy atom. The molecular formula is C12H16N4O. The average Bonchev–Trinajstić information content (AvgIpc) is 3.13. The van der Waals surface area contributed by atoms with Crippen LogP contribution in [0.1, 0.15) is 12.8 Å². The second-order valence-corrected chi connectivity index (χ2v) is 4.17. The number of pyridine rings is 1. The lowest BCUT2D eigenvalue weighted by atomic mass is 10.3. The molecule has 5 heteroatoms. The van der Waals surface area contributed by atoms with E-state index in [-0.39, 0.29) is 11.2 Å². The molecule has 90 valence electrons. The molecule has 0 aliphatic heterocycles. The predicted octanol–water partition coefficient (Wildman–Crippen LogP) is 0.440. The van der Waals surface area contributed by atoms with E-state index in [4.69, 9.17) is 17.2 Å². The fraction of sp³-hybridized carbons (Fsp3) is 0.250. The first-order valence-electron chi connectivity index (χ1n) is 5.50. The maximum Gasteiger partial charge on any atom is 0.279 e. The smallest absolute Gasteiger partial charge is 0.279 e. The molecule has 1 fully saturated rings. The van der Waals surface area contributed by atoms with Crippen LogP contribution in [-0.4, -0.2) is 4.57 Å². The number of nitrogen functional groups attached to an aromatic ring is 1. The molecule has 0 spiro atoms. The molecule has 17 heavy (non-hydrogen) atoms. The van der Waals surface area contributed by atoms with Gasteiger partial charge in [-0.25, -0.2) is 0 Å². The Labute approximate surface area is 99.2 Å². The van der Waals surface area contributed by atoms with Gasteiger partial charge in [-0.3, -0.25) is 9.36 Å². The molecule has 1 aliphatic carbocycles. The third-order valence-corrected chi connectivity index (χ3v) is 2.75. The van der Waals surface area contributed by atoms with Crippen LogP contribution < -0.4 is 22.8 Å². The molecule has 0 amide bonds. The van der Waals surface area contributed by atoms with E-state index in [1.807, 2.05) is 0 Å². The zero-order chi connectivity index (χ0) is 12.4. The van der Waals surface area contributed by atoms with Gasteiger partial charge in [0.1, 0.15) is 5.82 Å². The summed E-state index contributed by atoms with van der Waals surface area (Å²) in [6.45, 7) is 0. The normalized spacial score (nSPS) is 17.2. The van der Waals surface area contributed by atoms with Crippen LogP contribution >= 0.6 is 0 Å². The van der Waals surface area contributed by atoms with Crippen molar-refractivity contribution in [3.05, 3.63) is 46.5 Å². The first-order valence-corrected chi connectivity index (χ1v) is 5.50. The third kappa shape index (κ3) is 2.50. The standard InChI is InChI=1S/C12H16N4O/c13-9(8-3-4-8)5-6-11(15)16-7-1-2-10(14)12(16)17/h1-2,5-8H,3-4,13-15H2/b9-5-,11-6+. The Balaban J connectivity index is 2.27. The molecule has 2 rings (SSSR count). The van der Waals surface area contributed by atoms with E-state index in [9.17, 15) is 4.79 Å². The fourth-order valence-electron chi connectivity index (χ4n) is 1.53. The van der Waals surface area contributed by atoms with Crippen molar-refractivity contribution in [2.24, 2.45) is 17.4 Å². The Morgan fingerprint density at radius 1 is 1.35 bits per heavy atom. The number of rotatable bonds is 3. The summed E-state index contributed by atoms with van der Waals surface area (Å²) in [6, 6.07) is 3.21. The molecule has 1 aromatic heterocycles. The van der Waals surface area contributed by atoms with E-state index < -0.39 is 0 Å². The quantitative estimate of drug-likeness (QED) is 0.658. The molecule has 1 saturated carbocycles. The molecule has 0 saturated heterocycles. The second-order valence-electron chi connectivity index (χ2n) is 4.17. The van der Waals surface area contributed by atoms with Gasteiger partial charge in [0.25, 0.3) is 5.56 Å². The molecule has 1 aromatic rings. The summed E-state index contributed by atoms with van der Waals surface area (Å²) in [5.41, 5.74) is 17.8. The number of aromatic nitrogens is 1. The molecule has 1 aliphatic rings. The van der Waals surface area contributed by atoms with Crippen molar-refractivity contribution in [2.45, 2.75) is 12.8 Å². The summed E-state index contributed by atoms with van der Waals surface area (Å²) in [7, 11) is 0. The number of anilines is 1. The fourth-order valence-corrected chi connectivity index (χ4v) is 1.53. The first kappa shape index (κ1) is 11.3. The van der Waals surface area contributed by atoms with Crippen molar-refractivity contribution in [3.8, 4) is 0 Å². The highest BCUT2D eigenvalue weighted by atomic mass is 16.1. The van der Waals surface area contributed by atoms with E-state index in [1.54, 1.807) is 30.5 Å². The second kappa shape index (κ2) is 4.37. The van der Waals surface area contributed by atoms with Crippen molar-refractivity contribution in [2.75, 3.05) is 5.73 Å². The van der Waals surface area contributed by atoms with Crippen LogP contribution in [0.4, 0.5) is 5.69 Å². The minimum Gasteiger partial charge on any atom is -0.402 e. The van der Waals surface area contributed by atoms with Gasteiger partial charge in [0.05, 0.1) is 5.69 Å². The van der Waals surface area contributed by atoms with Crippen LogP contribution in [0.5, 0.6) is 0 Å². The lowest BCUT2D eigenvalue weighted by Crippen LogP contribution is -2.24. The van der Waals surface area contributed by atoms with E-state index in [0.29, 0.717) is 11.7 Å². The number of allylic oxidation sites excluding steroid dienone is 3. The van der Waals surface area contributed by atoms with Crippen LogP contribution in [0.25, 0.3) is 5.82 Å². The largest absolute Gasteiger partial charge is 0.402 e. The highest BCUT2D eigenvalue weighted by molar-refractivity contribution is 5.48. The minimum absolute atomic E-state index is 0.169. The highest BCUT2D eigenvalue weighted by Crippen LogP contribution is 2.33. The Hall–Kier alpha value is -2.17. The van der Waals surface area contributed by atoms with Gasteiger partial charge >= 0.3 is 0 Å². The maximum absolute atomic E-state index is 11.7. The summed E-state index contributed by atoms with van der Waals surface area (Å²) >= 11 is 0. The summed E-state index contributed by atoms with van der Waals surface area (Å²) in [4.78, 5) is 11.7. The number of hydrogen-bond acceptors (Lipinski definition) is 4. The zero-order valence-corrected chi connectivity index (χ0v) is 9.47. The van der Waals surface area contributed by atoms with Gasteiger partial charge in [0.15, 0.2) is 0 Å². The zero-order valence-electron chi connectivity index (χ0n) is 9.47. The number of nitrogens with zero attached hydrogens (tertiary/aromatic N) is 1. The highest BCUT2D eigenvalue weighted by Gasteiger charge is 2.23. The topological polar surface area (TPSA) is 100 Å². The molecule has 0 radical (unpaired) electrons. The van der Waals surface area contributed by atoms with E-state index in [0.717, 1.165) is 18.5 Å². The molecule has 0 bridgehead atoms. The van der Waals surface area contributed by atoms with Crippen molar-refractivity contribution in [3.63, 3.8) is 0 Å². The van der Waals surface area contributed by atoms with E-state index in [2.05, 4.69) is 0 Å². The van der Waals surface area contributed by atoms with E-state index >= 15 is 0 Å². The lowest BCUT2D eigenvalue weighted by molar-refractivity contribution is 0.974. The lowest BCUT2D eigenvalue weighted by Gasteiger charge is -2.05. The van der Waals surface area contributed by atoms with Crippen LogP contribution in [0.3, 0.4) is 0 Å². The van der Waals surface area contributed by atoms with Gasteiger partial charge in [0, 0.05) is 11.9 Å².